The lowest BCUT2D eigenvalue weighted by molar-refractivity contribution is 0.669. The largest absolute Gasteiger partial charge is 0.456 e. The summed E-state index contributed by atoms with van der Waals surface area (Å²) in [6, 6.07) is 27.7. The maximum atomic E-state index is 12.2. The fraction of sp³-hybridized carbons (Fsp3) is 0. The van der Waals surface area contributed by atoms with E-state index in [1.165, 1.54) is 0 Å². The number of aromatic nitrogens is 3. The van der Waals surface area contributed by atoms with Gasteiger partial charge in [0.05, 0.1) is 0 Å². The second-order valence-electron chi connectivity index (χ2n) is 7.20. The lowest BCUT2D eigenvalue weighted by Gasteiger charge is -2.04. The zero-order valence-corrected chi connectivity index (χ0v) is 15.8. The number of furan rings is 1. The quantitative estimate of drug-likeness (QED) is 0.421. The predicted octanol–water partition coefficient (Wildman–Crippen LogP) is 5.55. The molecule has 1 N–H and O–H groups in total. The van der Waals surface area contributed by atoms with E-state index in [0.29, 0.717) is 11.6 Å². The Balaban J connectivity index is 1.56. The van der Waals surface area contributed by atoms with Crippen molar-refractivity contribution in [3.05, 3.63) is 95.4 Å². The molecule has 0 atom stereocenters. The second-order valence-corrected chi connectivity index (χ2v) is 7.20. The number of H-pyrrole nitrogens is 1. The van der Waals surface area contributed by atoms with Crippen molar-refractivity contribution in [2.75, 3.05) is 0 Å². The zero-order chi connectivity index (χ0) is 20.1. The molecule has 0 unspecified atom stereocenters. The van der Waals surface area contributed by atoms with E-state index in [-0.39, 0.29) is 0 Å². The molecule has 0 bridgehead atoms. The van der Waals surface area contributed by atoms with Crippen LogP contribution < -0.4 is 5.69 Å². The van der Waals surface area contributed by atoms with Crippen molar-refractivity contribution >= 4 is 32.7 Å². The van der Waals surface area contributed by atoms with Crippen LogP contribution in [0.5, 0.6) is 0 Å². The molecule has 0 saturated carbocycles. The fourth-order valence-corrected chi connectivity index (χ4v) is 3.85. The lowest BCUT2D eigenvalue weighted by atomic mass is 10.0. The molecular weight excluding hydrogens is 374 g/mol. The molecule has 2 aromatic heterocycles. The molecular formula is C25H15N3O2. The number of aromatic amines is 1. The maximum Gasteiger partial charge on any atom is 0.348 e. The topological polar surface area (TPSA) is 71.8 Å². The molecule has 0 fully saturated rings. The number of hydrogen-bond acceptors (Lipinski definition) is 4. The number of hydrogen-bond donors (Lipinski definition) is 1. The summed E-state index contributed by atoms with van der Waals surface area (Å²) in [5.41, 5.74) is 2.79. The Bertz CT molecular complexity index is 1610. The Morgan fingerprint density at radius 3 is 2.23 bits per heavy atom. The van der Waals surface area contributed by atoms with Gasteiger partial charge in [-0.1, -0.05) is 54.6 Å². The van der Waals surface area contributed by atoms with E-state index < -0.39 is 5.69 Å². The molecule has 5 heteroatoms. The number of fused-ring (bicyclic) bond motifs is 4. The minimum Gasteiger partial charge on any atom is -0.456 e. The highest BCUT2D eigenvalue weighted by molar-refractivity contribution is 6.10. The Kier molecular flexibility index (Phi) is 3.55. The van der Waals surface area contributed by atoms with Crippen molar-refractivity contribution in [1.82, 2.24) is 15.0 Å². The van der Waals surface area contributed by atoms with Crippen molar-refractivity contribution in [2.45, 2.75) is 0 Å². The normalized spacial score (nSPS) is 11.5. The molecule has 4 aromatic carbocycles. The Labute approximate surface area is 170 Å². The van der Waals surface area contributed by atoms with Gasteiger partial charge in [-0.2, -0.15) is 4.98 Å². The maximum absolute atomic E-state index is 12.2. The van der Waals surface area contributed by atoms with Gasteiger partial charge in [-0.05, 0) is 41.1 Å². The third-order valence-corrected chi connectivity index (χ3v) is 5.29. The number of nitrogens with zero attached hydrogens (tertiary/aromatic N) is 2. The summed E-state index contributed by atoms with van der Waals surface area (Å²) in [6.07, 6.45) is 0. The van der Waals surface area contributed by atoms with E-state index in [9.17, 15) is 4.79 Å². The predicted molar refractivity (Wildman–Crippen MR) is 118 cm³/mol. The van der Waals surface area contributed by atoms with Gasteiger partial charge >= 0.3 is 5.69 Å². The van der Waals surface area contributed by atoms with E-state index in [0.717, 1.165) is 43.8 Å². The van der Waals surface area contributed by atoms with Crippen molar-refractivity contribution in [3.63, 3.8) is 0 Å². The molecule has 0 aliphatic carbocycles. The highest BCUT2D eigenvalue weighted by Gasteiger charge is 2.12. The third-order valence-electron chi connectivity index (χ3n) is 5.29. The first kappa shape index (κ1) is 16.7. The first-order valence-corrected chi connectivity index (χ1v) is 9.64. The van der Waals surface area contributed by atoms with Gasteiger partial charge in [0.15, 0.2) is 5.82 Å². The first-order chi connectivity index (χ1) is 14.7. The van der Waals surface area contributed by atoms with E-state index >= 15 is 0 Å². The third kappa shape index (κ3) is 2.68. The van der Waals surface area contributed by atoms with Gasteiger partial charge in [0.1, 0.15) is 17.0 Å². The van der Waals surface area contributed by atoms with Gasteiger partial charge in [-0.25, -0.2) is 9.78 Å². The van der Waals surface area contributed by atoms with Crippen LogP contribution in [0.4, 0.5) is 0 Å². The van der Waals surface area contributed by atoms with E-state index in [4.69, 9.17) is 4.42 Å². The number of benzene rings is 4. The van der Waals surface area contributed by atoms with Crippen LogP contribution in [0.2, 0.25) is 0 Å². The van der Waals surface area contributed by atoms with Gasteiger partial charge in [0, 0.05) is 21.9 Å². The van der Waals surface area contributed by atoms with E-state index in [2.05, 4.69) is 39.2 Å². The van der Waals surface area contributed by atoms with Gasteiger partial charge in [-0.15, -0.1) is 0 Å². The lowest BCUT2D eigenvalue weighted by Crippen LogP contribution is -2.14. The fourth-order valence-electron chi connectivity index (χ4n) is 3.85. The van der Waals surface area contributed by atoms with Crippen LogP contribution in [-0.2, 0) is 0 Å². The number of nitrogens with one attached hydrogen (secondary N) is 1. The molecule has 0 spiro atoms. The van der Waals surface area contributed by atoms with Crippen molar-refractivity contribution in [3.8, 4) is 22.8 Å². The molecule has 0 aliphatic heterocycles. The van der Waals surface area contributed by atoms with Crippen molar-refractivity contribution in [2.24, 2.45) is 0 Å². The smallest absolute Gasteiger partial charge is 0.348 e. The van der Waals surface area contributed by atoms with Crippen molar-refractivity contribution < 1.29 is 4.42 Å². The summed E-state index contributed by atoms with van der Waals surface area (Å²) in [6.45, 7) is 0. The molecule has 142 valence electrons. The summed E-state index contributed by atoms with van der Waals surface area (Å²) in [7, 11) is 0. The highest BCUT2D eigenvalue weighted by atomic mass is 16.3. The van der Waals surface area contributed by atoms with Crippen LogP contribution in [0.15, 0.2) is 94.1 Å². The molecule has 0 radical (unpaired) electrons. The SMILES string of the molecule is O=c1nc(-c2ccc3oc4cc5ccccc5cc4c3c2)nc(-c2ccccc2)[nH]1. The summed E-state index contributed by atoms with van der Waals surface area (Å²) < 4.78 is 6.06. The van der Waals surface area contributed by atoms with Gasteiger partial charge in [-0.3, -0.25) is 4.98 Å². The minimum absolute atomic E-state index is 0.384. The van der Waals surface area contributed by atoms with Crippen molar-refractivity contribution in [1.29, 1.82) is 0 Å². The summed E-state index contributed by atoms with van der Waals surface area (Å²) in [5, 5.41) is 4.28. The van der Waals surface area contributed by atoms with Crippen LogP contribution in [0.25, 0.3) is 55.5 Å². The molecule has 2 heterocycles. The average molecular weight is 389 g/mol. The monoisotopic (exact) mass is 389 g/mol. The molecule has 0 amide bonds. The minimum atomic E-state index is -0.429. The number of rotatable bonds is 2. The molecule has 6 rings (SSSR count). The molecule has 0 aliphatic rings. The summed E-state index contributed by atoms with van der Waals surface area (Å²) in [4.78, 5) is 23.6. The molecule has 6 aromatic rings. The van der Waals surface area contributed by atoms with Crippen LogP contribution >= 0.6 is 0 Å². The summed E-state index contributed by atoms with van der Waals surface area (Å²) >= 11 is 0. The van der Waals surface area contributed by atoms with Gasteiger partial charge < -0.3 is 4.42 Å². The van der Waals surface area contributed by atoms with E-state index in [1.807, 2.05) is 60.7 Å². The highest BCUT2D eigenvalue weighted by Crippen LogP contribution is 2.34. The molecule has 0 saturated heterocycles. The van der Waals surface area contributed by atoms with Crippen LogP contribution in [0, 0.1) is 0 Å². The average Bonchev–Trinajstić information content (AvgIpc) is 3.14. The Morgan fingerprint density at radius 2 is 1.40 bits per heavy atom. The van der Waals surface area contributed by atoms with Crippen LogP contribution in [0.3, 0.4) is 0 Å². The second kappa shape index (κ2) is 6.39. The molecule has 30 heavy (non-hydrogen) atoms. The molecule has 5 nitrogen and oxygen atoms in total. The summed E-state index contributed by atoms with van der Waals surface area (Å²) in [5.74, 6) is 0.878. The van der Waals surface area contributed by atoms with E-state index in [1.54, 1.807) is 0 Å². The van der Waals surface area contributed by atoms with Crippen LogP contribution in [-0.4, -0.2) is 15.0 Å². The van der Waals surface area contributed by atoms with Gasteiger partial charge in [0.2, 0.25) is 0 Å². The standard InChI is InChI=1S/C25H15N3O2/c29-25-27-23(15-6-2-1-3-7-15)26-24(28-25)18-10-11-21-19(13-18)20-12-16-8-4-5-9-17(16)14-22(20)30-21/h1-14H,(H,26,27,28,29). The Hall–Kier alpha value is -4.25. The Morgan fingerprint density at radius 1 is 0.667 bits per heavy atom. The van der Waals surface area contributed by atoms with Crippen LogP contribution in [0.1, 0.15) is 0 Å². The zero-order valence-electron chi connectivity index (χ0n) is 15.8. The van der Waals surface area contributed by atoms with Gasteiger partial charge in [0.25, 0.3) is 0 Å². The first-order valence-electron chi connectivity index (χ1n) is 9.64.